The van der Waals surface area contributed by atoms with Gasteiger partial charge in [0.25, 0.3) is 0 Å². The van der Waals surface area contributed by atoms with Gasteiger partial charge in [0.05, 0.1) is 11.0 Å². The molecule has 0 fully saturated rings. The van der Waals surface area contributed by atoms with Gasteiger partial charge in [-0.1, -0.05) is 127 Å². The van der Waals surface area contributed by atoms with Gasteiger partial charge in [0.2, 0.25) is 0 Å². The Balaban J connectivity index is 1.14. The largest absolute Gasteiger partial charge is 0.456 e. The van der Waals surface area contributed by atoms with E-state index in [1.54, 1.807) is 0 Å². The van der Waals surface area contributed by atoms with Crippen LogP contribution in [0.25, 0.3) is 94.7 Å². The number of para-hydroxylation sites is 2. The lowest BCUT2D eigenvalue weighted by Crippen LogP contribution is -2.01. The summed E-state index contributed by atoms with van der Waals surface area (Å²) in [4.78, 5) is 14.9. The fraction of sp³-hybridized carbons (Fsp3) is 0. The zero-order valence-corrected chi connectivity index (χ0v) is 26.9. The van der Waals surface area contributed by atoms with Crippen molar-refractivity contribution in [2.75, 3.05) is 0 Å². The molecule has 0 aliphatic rings. The molecule has 0 bridgehead atoms. The number of rotatable bonds is 5. The Labute approximate surface area is 287 Å². The first-order valence-corrected chi connectivity index (χ1v) is 16.7. The monoisotopic (exact) mass is 640 g/mol. The molecular formula is C45H28N4O. The van der Waals surface area contributed by atoms with Crippen molar-refractivity contribution in [2.24, 2.45) is 0 Å². The second-order valence-electron chi connectivity index (χ2n) is 12.5. The lowest BCUT2D eigenvalue weighted by atomic mass is 10.0. The summed E-state index contributed by atoms with van der Waals surface area (Å²) in [6.07, 6.45) is 0. The lowest BCUT2D eigenvalue weighted by molar-refractivity contribution is 0.669. The summed E-state index contributed by atoms with van der Waals surface area (Å²) in [5, 5.41) is 4.65. The first-order chi connectivity index (χ1) is 24.8. The van der Waals surface area contributed by atoms with Crippen LogP contribution in [0.1, 0.15) is 0 Å². The number of aromatic nitrogens is 4. The molecule has 0 aliphatic carbocycles. The highest BCUT2D eigenvalue weighted by molar-refractivity contribution is 6.11. The smallest absolute Gasteiger partial charge is 0.164 e. The minimum Gasteiger partial charge on any atom is -0.456 e. The highest BCUT2D eigenvalue weighted by atomic mass is 16.3. The molecule has 10 rings (SSSR count). The Morgan fingerprint density at radius 2 is 0.880 bits per heavy atom. The molecule has 0 atom stereocenters. The first kappa shape index (κ1) is 28.2. The average Bonchev–Trinajstić information content (AvgIpc) is 3.73. The molecule has 10 aromatic rings. The zero-order chi connectivity index (χ0) is 33.0. The Bertz CT molecular complexity index is 2810. The molecular weight excluding hydrogens is 613 g/mol. The number of furan rings is 1. The molecule has 3 aromatic heterocycles. The molecule has 0 saturated heterocycles. The second-order valence-corrected chi connectivity index (χ2v) is 12.5. The molecule has 3 heterocycles. The number of fused-ring (bicyclic) bond motifs is 6. The van der Waals surface area contributed by atoms with Crippen LogP contribution < -0.4 is 0 Å². The summed E-state index contributed by atoms with van der Waals surface area (Å²) in [5.41, 5.74) is 10.1. The summed E-state index contributed by atoms with van der Waals surface area (Å²) in [7, 11) is 0. The van der Waals surface area contributed by atoms with Crippen LogP contribution in [0.2, 0.25) is 0 Å². The summed E-state index contributed by atoms with van der Waals surface area (Å²) in [6, 6.07) is 58.7. The first-order valence-electron chi connectivity index (χ1n) is 16.7. The molecule has 0 spiro atoms. The predicted molar refractivity (Wildman–Crippen MR) is 203 cm³/mol. The Kier molecular flexibility index (Phi) is 6.42. The van der Waals surface area contributed by atoms with Gasteiger partial charge in [-0.15, -0.1) is 0 Å². The second kappa shape index (κ2) is 11.4. The minimum atomic E-state index is 0.625. The maximum Gasteiger partial charge on any atom is 0.164 e. The van der Waals surface area contributed by atoms with E-state index in [9.17, 15) is 0 Å². The molecule has 5 nitrogen and oxygen atoms in total. The molecule has 0 saturated carbocycles. The van der Waals surface area contributed by atoms with Crippen molar-refractivity contribution in [3.8, 4) is 51.0 Å². The highest BCUT2D eigenvalue weighted by Crippen LogP contribution is 2.37. The molecule has 0 aliphatic heterocycles. The molecule has 0 unspecified atom stereocenters. The fourth-order valence-electron chi connectivity index (χ4n) is 7.06. The van der Waals surface area contributed by atoms with Gasteiger partial charge in [-0.05, 0) is 53.6 Å². The standard InChI is InChI=1S/C45H28N4O/c1-3-12-29(13-4-1)43-46-44(30-14-5-2-6-15-30)48-45(47-43)33-16-11-17-34(26-33)49-39-20-9-7-18-35(39)36-24-22-31(27-40(36)49)32-23-25-38-37-19-8-10-21-41(37)50-42(38)28-32/h1-28H. The summed E-state index contributed by atoms with van der Waals surface area (Å²) < 4.78 is 8.59. The van der Waals surface area contributed by atoms with Gasteiger partial charge in [0, 0.05) is 43.9 Å². The predicted octanol–water partition coefficient (Wildman–Crippen LogP) is 11.5. The minimum absolute atomic E-state index is 0.625. The van der Waals surface area contributed by atoms with Crippen LogP contribution in [0.5, 0.6) is 0 Å². The van der Waals surface area contributed by atoms with E-state index in [1.165, 1.54) is 10.8 Å². The zero-order valence-electron chi connectivity index (χ0n) is 26.9. The summed E-state index contributed by atoms with van der Waals surface area (Å²) in [5.74, 6) is 1.91. The molecule has 0 radical (unpaired) electrons. The maximum atomic E-state index is 6.25. The molecule has 7 aromatic carbocycles. The van der Waals surface area contributed by atoms with Crippen molar-refractivity contribution >= 4 is 43.7 Å². The van der Waals surface area contributed by atoms with Crippen LogP contribution in [0, 0.1) is 0 Å². The molecule has 5 heteroatoms. The van der Waals surface area contributed by atoms with Crippen molar-refractivity contribution in [3.05, 3.63) is 170 Å². The van der Waals surface area contributed by atoms with Gasteiger partial charge < -0.3 is 8.98 Å². The topological polar surface area (TPSA) is 56.7 Å². The van der Waals surface area contributed by atoms with E-state index in [4.69, 9.17) is 19.4 Å². The van der Waals surface area contributed by atoms with Gasteiger partial charge in [0.1, 0.15) is 11.2 Å². The number of hydrogen-bond donors (Lipinski definition) is 0. The van der Waals surface area contributed by atoms with Crippen LogP contribution in [0.3, 0.4) is 0 Å². The summed E-state index contributed by atoms with van der Waals surface area (Å²) in [6.45, 7) is 0. The van der Waals surface area contributed by atoms with E-state index in [2.05, 4.69) is 102 Å². The number of hydrogen-bond acceptors (Lipinski definition) is 4. The van der Waals surface area contributed by atoms with E-state index in [-0.39, 0.29) is 0 Å². The van der Waals surface area contributed by atoms with Gasteiger partial charge in [-0.3, -0.25) is 0 Å². The Morgan fingerprint density at radius 3 is 1.62 bits per heavy atom. The maximum absolute atomic E-state index is 6.25. The normalized spacial score (nSPS) is 11.6. The van der Waals surface area contributed by atoms with E-state index in [0.717, 1.165) is 66.5 Å². The van der Waals surface area contributed by atoms with Gasteiger partial charge in [0.15, 0.2) is 17.5 Å². The van der Waals surface area contributed by atoms with Crippen LogP contribution in [0.15, 0.2) is 174 Å². The van der Waals surface area contributed by atoms with Gasteiger partial charge in [-0.2, -0.15) is 0 Å². The number of nitrogens with zero attached hydrogens (tertiary/aromatic N) is 4. The number of benzene rings is 7. The third-order valence-corrected chi connectivity index (χ3v) is 9.45. The quantitative estimate of drug-likeness (QED) is 0.188. The van der Waals surface area contributed by atoms with Crippen LogP contribution in [0.4, 0.5) is 0 Å². The van der Waals surface area contributed by atoms with Crippen LogP contribution in [-0.2, 0) is 0 Å². The van der Waals surface area contributed by atoms with Crippen molar-refractivity contribution in [1.82, 2.24) is 19.5 Å². The van der Waals surface area contributed by atoms with E-state index in [1.807, 2.05) is 72.8 Å². The third kappa shape index (κ3) is 4.67. The van der Waals surface area contributed by atoms with Crippen molar-refractivity contribution in [2.45, 2.75) is 0 Å². The Morgan fingerprint density at radius 1 is 0.340 bits per heavy atom. The van der Waals surface area contributed by atoms with E-state index < -0.39 is 0 Å². The van der Waals surface area contributed by atoms with Crippen LogP contribution in [-0.4, -0.2) is 19.5 Å². The third-order valence-electron chi connectivity index (χ3n) is 9.45. The van der Waals surface area contributed by atoms with Crippen molar-refractivity contribution in [1.29, 1.82) is 0 Å². The van der Waals surface area contributed by atoms with Crippen molar-refractivity contribution < 1.29 is 4.42 Å². The molecule has 234 valence electrons. The fourth-order valence-corrected chi connectivity index (χ4v) is 7.06. The highest BCUT2D eigenvalue weighted by Gasteiger charge is 2.17. The molecule has 0 amide bonds. The van der Waals surface area contributed by atoms with Gasteiger partial charge >= 0.3 is 0 Å². The van der Waals surface area contributed by atoms with E-state index >= 15 is 0 Å². The average molecular weight is 641 g/mol. The lowest BCUT2D eigenvalue weighted by Gasteiger charge is -2.12. The SMILES string of the molecule is c1ccc(-c2nc(-c3ccccc3)nc(-c3cccc(-n4c5ccccc5c5ccc(-c6ccc7c(c6)oc6ccccc67)cc54)c3)n2)cc1. The van der Waals surface area contributed by atoms with Crippen LogP contribution >= 0.6 is 0 Å². The summed E-state index contributed by atoms with van der Waals surface area (Å²) >= 11 is 0. The van der Waals surface area contributed by atoms with Crippen molar-refractivity contribution in [3.63, 3.8) is 0 Å². The Hall–Kier alpha value is -6.85. The van der Waals surface area contributed by atoms with E-state index in [0.29, 0.717) is 17.5 Å². The molecule has 50 heavy (non-hydrogen) atoms. The van der Waals surface area contributed by atoms with Gasteiger partial charge in [-0.25, -0.2) is 15.0 Å². The molecule has 0 N–H and O–H groups in total.